The van der Waals surface area contributed by atoms with Crippen LogP contribution in [0.25, 0.3) is 11.1 Å². The van der Waals surface area contributed by atoms with Gasteiger partial charge in [0.15, 0.2) is 0 Å². The Labute approximate surface area is 136 Å². The van der Waals surface area contributed by atoms with Crippen LogP contribution >= 0.6 is 0 Å². The topological polar surface area (TPSA) is 57.2 Å². The average Bonchev–Trinajstić information content (AvgIpc) is 2.47. The third kappa shape index (κ3) is 3.38. The average molecular weight is 286 g/mol. The van der Waals surface area contributed by atoms with E-state index in [4.69, 9.17) is 0 Å². The standard InChI is InChI=1S/C14H16O3S.Na/c1-9(2)11-5-4-6-12-13(8-11)10(3)7-14(12)18(15,16)17;/h4-9H,1-3H3,(H,15,16,17);/q;+1/p-1. The quantitative estimate of drug-likeness (QED) is 0.582. The van der Waals surface area contributed by atoms with Crippen molar-refractivity contribution in [2.24, 2.45) is 0 Å². The molecule has 19 heavy (non-hydrogen) atoms. The van der Waals surface area contributed by atoms with Gasteiger partial charge in [-0.25, -0.2) is 8.42 Å². The van der Waals surface area contributed by atoms with Crippen LogP contribution < -0.4 is 29.6 Å². The van der Waals surface area contributed by atoms with E-state index in [2.05, 4.69) is 13.8 Å². The zero-order chi connectivity index (χ0) is 13.5. The molecule has 0 atom stereocenters. The number of fused-ring (bicyclic) bond motifs is 1. The maximum atomic E-state index is 11.2. The molecule has 0 saturated carbocycles. The second-order valence-corrected chi connectivity index (χ2v) is 6.15. The van der Waals surface area contributed by atoms with E-state index in [0.29, 0.717) is 11.5 Å². The van der Waals surface area contributed by atoms with Crippen molar-refractivity contribution in [1.29, 1.82) is 0 Å². The van der Waals surface area contributed by atoms with Gasteiger partial charge in [-0.3, -0.25) is 0 Å². The fraction of sp³-hybridized carbons (Fsp3) is 0.286. The molecule has 0 bridgehead atoms. The Hall–Kier alpha value is -0.390. The summed E-state index contributed by atoms with van der Waals surface area (Å²) < 4.78 is 33.7. The summed E-state index contributed by atoms with van der Waals surface area (Å²) in [5.74, 6) is 0.349. The SMILES string of the molecule is Cc1cc(S(=O)(=O)[O-])c2cccc(C(C)C)cc1-2.[Na+]. The molecule has 2 aliphatic rings. The molecule has 2 aliphatic carbocycles. The molecule has 0 amide bonds. The molecule has 2 rings (SSSR count). The first-order valence-corrected chi connectivity index (χ1v) is 7.20. The summed E-state index contributed by atoms with van der Waals surface area (Å²) in [5.41, 5.74) is 3.28. The minimum Gasteiger partial charge on any atom is -0.744 e. The fourth-order valence-electron chi connectivity index (χ4n) is 2.10. The molecule has 0 aromatic rings. The number of rotatable bonds is 2. The normalized spacial score (nSPS) is 11.6. The summed E-state index contributed by atoms with van der Waals surface area (Å²) in [5, 5.41) is 0. The molecular formula is C14H15NaO3S. The van der Waals surface area contributed by atoms with Gasteiger partial charge in [0.25, 0.3) is 0 Å². The molecule has 0 aromatic carbocycles. The summed E-state index contributed by atoms with van der Waals surface area (Å²) in [6.45, 7) is 5.97. The third-order valence-corrected chi connectivity index (χ3v) is 4.00. The Kier molecular flexibility index (Phi) is 5.21. The second kappa shape index (κ2) is 5.94. The van der Waals surface area contributed by atoms with Gasteiger partial charge >= 0.3 is 29.6 Å². The number of hydrogen-bond acceptors (Lipinski definition) is 3. The molecule has 5 heteroatoms. The van der Waals surface area contributed by atoms with E-state index in [9.17, 15) is 13.0 Å². The molecule has 0 aliphatic heterocycles. The first-order valence-electron chi connectivity index (χ1n) is 5.80. The van der Waals surface area contributed by atoms with Crippen LogP contribution in [0.15, 0.2) is 35.2 Å². The van der Waals surface area contributed by atoms with Crippen molar-refractivity contribution < 1.29 is 42.5 Å². The van der Waals surface area contributed by atoms with E-state index in [-0.39, 0.29) is 34.5 Å². The van der Waals surface area contributed by atoms with Crippen LogP contribution in [0.4, 0.5) is 0 Å². The van der Waals surface area contributed by atoms with Crippen molar-refractivity contribution in [2.45, 2.75) is 31.6 Å². The van der Waals surface area contributed by atoms with Gasteiger partial charge in [0, 0.05) is 0 Å². The van der Waals surface area contributed by atoms with Crippen LogP contribution in [-0.2, 0) is 10.1 Å². The molecule has 0 spiro atoms. The zero-order valence-electron chi connectivity index (χ0n) is 11.6. The van der Waals surface area contributed by atoms with E-state index in [1.165, 1.54) is 6.07 Å². The monoisotopic (exact) mass is 286 g/mol. The van der Waals surface area contributed by atoms with Gasteiger partial charge in [0.05, 0.1) is 4.90 Å². The zero-order valence-corrected chi connectivity index (χ0v) is 14.4. The van der Waals surface area contributed by atoms with Crippen LogP contribution in [0.1, 0.15) is 30.9 Å². The first kappa shape index (κ1) is 16.7. The van der Waals surface area contributed by atoms with Crippen LogP contribution in [-0.4, -0.2) is 13.0 Å². The van der Waals surface area contributed by atoms with Crippen LogP contribution in [0, 0.1) is 6.92 Å². The Morgan fingerprint density at radius 2 is 1.74 bits per heavy atom. The second-order valence-electron chi connectivity index (χ2n) is 4.80. The Balaban J connectivity index is 0.00000180. The molecule has 0 aromatic heterocycles. The molecule has 3 nitrogen and oxygen atoms in total. The minimum atomic E-state index is -4.42. The summed E-state index contributed by atoms with van der Waals surface area (Å²) >= 11 is 0. The van der Waals surface area contributed by atoms with E-state index in [1.807, 2.05) is 19.1 Å². The van der Waals surface area contributed by atoms with Gasteiger partial charge in [-0.1, -0.05) is 38.1 Å². The van der Waals surface area contributed by atoms with Crippen molar-refractivity contribution in [3.8, 4) is 11.1 Å². The molecule has 0 heterocycles. The van der Waals surface area contributed by atoms with E-state index in [1.54, 1.807) is 12.1 Å². The van der Waals surface area contributed by atoms with Gasteiger partial charge in [-0.15, -0.1) is 0 Å². The maximum absolute atomic E-state index is 11.2. The predicted molar refractivity (Wildman–Crippen MR) is 69.9 cm³/mol. The molecule has 0 radical (unpaired) electrons. The van der Waals surface area contributed by atoms with Gasteiger partial charge in [0.1, 0.15) is 10.1 Å². The van der Waals surface area contributed by atoms with Crippen LogP contribution in [0.2, 0.25) is 0 Å². The van der Waals surface area contributed by atoms with E-state index < -0.39 is 10.1 Å². The Morgan fingerprint density at radius 1 is 1.11 bits per heavy atom. The smallest absolute Gasteiger partial charge is 0.744 e. The minimum absolute atomic E-state index is 0. The van der Waals surface area contributed by atoms with Crippen molar-refractivity contribution in [3.63, 3.8) is 0 Å². The number of aryl methyl sites for hydroxylation is 1. The number of hydrogen-bond donors (Lipinski definition) is 0. The largest absolute Gasteiger partial charge is 1.00 e. The fourth-order valence-corrected chi connectivity index (χ4v) is 2.87. The molecule has 0 saturated heterocycles. The van der Waals surface area contributed by atoms with Gasteiger partial charge < -0.3 is 4.55 Å². The van der Waals surface area contributed by atoms with Gasteiger partial charge in [-0.2, -0.15) is 0 Å². The predicted octanol–water partition coefficient (Wildman–Crippen LogP) is 0.131. The Morgan fingerprint density at radius 3 is 2.26 bits per heavy atom. The van der Waals surface area contributed by atoms with Crippen molar-refractivity contribution >= 4 is 10.1 Å². The Bertz CT molecular complexity index is 663. The van der Waals surface area contributed by atoms with Crippen molar-refractivity contribution in [1.82, 2.24) is 0 Å². The molecule has 0 N–H and O–H groups in total. The van der Waals surface area contributed by atoms with Crippen molar-refractivity contribution in [2.75, 3.05) is 0 Å². The molecular weight excluding hydrogens is 271 g/mol. The van der Waals surface area contributed by atoms with Gasteiger partial charge in [-0.05, 0) is 41.2 Å². The first-order chi connectivity index (χ1) is 8.30. The molecule has 0 fully saturated rings. The van der Waals surface area contributed by atoms with E-state index in [0.717, 1.165) is 16.7 Å². The maximum Gasteiger partial charge on any atom is 1.00 e. The summed E-state index contributed by atoms with van der Waals surface area (Å²) in [7, 11) is -4.42. The molecule has 96 valence electrons. The summed E-state index contributed by atoms with van der Waals surface area (Å²) in [4.78, 5) is -0.124. The molecule has 0 unspecified atom stereocenters. The van der Waals surface area contributed by atoms with Crippen LogP contribution in [0.3, 0.4) is 0 Å². The van der Waals surface area contributed by atoms with Gasteiger partial charge in [0.2, 0.25) is 0 Å². The van der Waals surface area contributed by atoms with Crippen LogP contribution in [0.5, 0.6) is 0 Å². The van der Waals surface area contributed by atoms with Crippen molar-refractivity contribution in [3.05, 3.63) is 41.5 Å². The summed E-state index contributed by atoms with van der Waals surface area (Å²) in [6.07, 6.45) is 0. The summed E-state index contributed by atoms with van der Waals surface area (Å²) in [6, 6.07) is 8.86. The van der Waals surface area contributed by atoms with E-state index >= 15 is 0 Å². The third-order valence-electron chi connectivity index (χ3n) is 3.13.